The van der Waals surface area contributed by atoms with Crippen LogP contribution >= 0.6 is 23.4 Å². The molecule has 8 nitrogen and oxygen atoms in total. The van der Waals surface area contributed by atoms with Gasteiger partial charge in [-0.3, -0.25) is 19.7 Å². The molecule has 3 aromatic carbocycles. The lowest BCUT2D eigenvalue weighted by atomic mass is 10.2. The maximum atomic E-state index is 12.4. The van der Waals surface area contributed by atoms with Crippen LogP contribution in [0.3, 0.4) is 0 Å². The van der Waals surface area contributed by atoms with Gasteiger partial charge in [-0.05, 0) is 48.5 Å². The van der Waals surface area contributed by atoms with E-state index >= 15 is 0 Å². The Labute approximate surface area is 192 Å². The van der Waals surface area contributed by atoms with Crippen LogP contribution in [0.4, 0.5) is 11.4 Å². The van der Waals surface area contributed by atoms with E-state index in [1.807, 2.05) is 12.1 Å². The zero-order valence-corrected chi connectivity index (χ0v) is 18.3. The highest BCUT2D eigenvalue weighted by molar-refractivity contribution is 7.99. The van der Waals surface area contributed by atoms with Gasteiger partial charge >= 0.3 is 0 Å². The minimum Gasteiger partial charge on any atom is -0.326 e. The number of carbonyl (C=O) groups excluding carboxylic acids is 2. The van der Waals surface area contributed by atoms with E-state index in [9.17, 15) is 19.7 Å². The maximum absolute atomic E-state index is 12.4. The number of anilines is 1. The summed E-state index contributed by atoms with van der Waals surface area (Å²) in [6.07, 6.45) is 1.35. The molecule has 0 heterocycles. The second-order valence-electron chi connectivity index (χ2n) is 6.50. The molecule has 0 saturated heterocycles. The molecule has 0 radical (unpaired) electrons. The van der Waals surface area contributed by atoms with Gasteiger partial charge in [0, 0.05) is 50.7 Å². The summed E-state index contributed by atoms with van der Waals surface area (Å²) in [5.41, 5.74) is 3.54. The smallest absolute Gasteiger partial charge is 0.271 e. The number of benzene rings is 3. The van der Waals surface area contributed by atoms with Crippen LogP contribution < -0.4 is 10.7 Å². The van der Waals surface area contributed by atoms with E-state index in [-0.39, 0.29) is 11.6 Å². The molecule has 0 aromatic heterocycles. The quantitative estimate of drug-likeness (QED) is 0.284. The summed E-state index contributed by atoms with van der Waals surface area (Å²) in [5.74, 6) is -0.747. The number of nitrogens with zero attached hydrogens (tertiary/aromatic N) is 2. The first kappa shape index (κ1) is 23.0. The number of carbonyl (C=O) groups is 2. The first-order valence-corrected chi connectivity index (χ1v) is 10.4. The van der Waals surface area contributed by atoms with Crippen LogP contribution in [0, 0.1) is 10.1 Å². The number of rotatable bonds is 7. The van der Waals surface area contributed by atoms with Crippen molar-refractivity contribution in [3.05, 3.63) is 93.0 Å². The molecule has 0 spiro atoms. The molecule has 0 unspecified atom stereocenters. The van der Waals surface area contributed by atoms with Crippen molar-refractivity contribution in [2.24, 2.45) is 5.10 Å². The third-order valence-electron chi connectivity index (χ3n) is 4.06. The molecule has 0 aliphatic carbocycles. The van der Waals surface area contributed by atoms with Crippen LogP contribution in [0.2, 0.25) is 5.02 Å². The van der Waals surface area contributed by atoms with E-state index in [1.165, 1.54) is 43.1 Å². The molecule has 162 valence electrons. The number of nitro groups is 1. The zero-order valence-electron chi connectivity index (χ0n) is 16.7. The van der Waals surface area contributed by atoms with Crippen molar-refractivity contribution in [3.63, 3.8) is 0 Å². The van der Waals surface area contributed by atoms with E-state index < -0.39 is 10.8 Å². The molecular formula is C22H17ClN4O4S. The molecule has 2 N–H and O–H groups in total. The SMILES string of the molecule is CC(=O)Nc1cccc(C(=O)N/N=C/c2cc([N+](=O)[O-])ccc2Sc2ccc(Cl)cc2)c1. The number of nitrogens with one attached hydrogen (secondary N) is 2. The lowest BCUT2D eigenvalue weighted by molar-refractivity contribution is -0.384. The molecule has 0 aliphatic rings. The molecule has 3 aromatic rings. The Morgan fingerprint density at radius 2 is 1.84 bits per heavy atom. The second kappa shape index (κ2) is 10.6. The van der Waals surface area contributed by atoms with Crippen LogP contribution in [-0.2, 0) is 4.79 Å². The molecule has 0 fully saturated rings. The lowest BCUT2D eigenvalue weighted by Gasteiger charge is -2.07. The summed E-state index contributed by atoms with van der Waals surface area (Å²) in [6, 6.07) is 17.9. The average molecular weight is 469 g/mol. The summed E-state index contributed by atoms with van der Waals surface area (Å²) in [5, 5.41) is 18.3. The van der Waals surface area contributed by atoms with Crippen molar-refractivity contribution >= 4 is 52.8 Å². The van der Waals surface area contributed by atoms with Gasteiger partial charge in [0.05, 0.1) is 11.1 Å². The third kappa shape index (κ3) is 6.40. The number of halogens is 1. The van der Waals surface area contributed by atoms with Crippen molar-refractivity contribution in [1.82, 2.24) is 5.43 Å². The van der Waals surface area contributed by atoms with Gasteiger partial charge < -0.3 is 5.32 Å². The van der Waals surface area contributed by atoms with Gasteiger partial charge in [-0.25, -0.2) is 5.43 Å². The van der Waals surface area contributed by atoms with E-state index in [2.05, 4.69) is 15.8 Å². The zero-order chi connectivity index (χ0) is 23.1. The van der Waals surface area contributed by atoms with Gasteiger partial charge in [0.15, 0.2) is 0 Å². The van der Waals surface area contributed by atoms with Crippen molar-refractivity contribution in [3.8, 4) is 0 Å². The van der Waals surface area contributed by atoms with Crippen LogP contribution in [0.15, 0.2) is 81.6 Å². The standard InChI is InChI=1S/C22H17ClN4O4S/c1-14(28)25-18-4-2-3-15(11-18)22(29)26-24-13-16-12-19(27(30)31)7-10-21(16)32-20-8-5-17(23)6-9-20/h2-13H,1H3,(H,25,28)(H,26,29)/b24-13+. The molecule has 2 amide bonds. The van der Waals surface area contributed by atoms with E-state index in [0.717, 1.165) is 4.90 Å². The highest BCUT2D eigenvalue weighted by Crippen LogP contribution is 2.32. The average Bonchev–Trinajstić information content (AvgIpc) is 2.76. The predicted molar refractivity (Wildman–Crippen MR) is 124 cm³/mol. The number of hydrazone groups is 1. The van der Waals surface area contributed by atoms with E-state index in [0.29, 0.717) is 26.7 Å². The van der Waals surface area contributed by atoms with Gasteiger partial charge in [0.25, 0.3) is 11.6 Å². The predicted octanol–water partition coefficient (Wildman–Crippen LogP) is 5.12. The van der Waals surface area contributed by atoms with Gasteiger partial charge in [-0.15, -0.1) is 0 Å². The minimum atomic E-state index is -0.500. The second-order valence-corrected chi connectivity index (χ2v) is 8.05. The van der Waals surface area contributed by atoms with Crippen molar-refractivity contribution < 1.29 is 14.5 Å². The summed E-state index contributed by atoms with van der Waals surface area (Å²) in [7, 11) is 0. The molecule has 0 aliphatic heterocycles. The van der Waals surface area contributed by atoms with Gasteiger partial charge in [0.2, 0.25) is 5.91 Å². The molecule has 0 bridgehead atoms. The topological polar surface area (TPSA) is 114 Å². The molecule has 3 rings (SSSR count). The lowest BCUT2D eigenvalue weighted by Crippen LogP contribution is -2.18. The number of hydrogen-bond donors (Lipinski definition) is 2. The minimum absolute atomic E-state index is 0.0961. The van der Waals surface area contributed by atoms with E-state index in [4.69, 9.17) is 11.6 Å². The molecular weight excluding hydrogens is 452 g/mol. The fourth-order valence-corrected chi connectivity index (χ4v) is 3.66. The van der Waals surface area contributed by atoms with Gasteiger partial charge in [-0.2, -0.15) is 5.10 Å². The molecule has 32 heavy (non-hydrogen) atoms. The van der Waals surface area contributed by atoms with Crippen LogP contribution in [0.1, 0.15) is 22.8 Å². The monoisotopic (exact) mass is 468 g/mol. The largest absolute Gasteiger partial charge is 0.326 e. The summed E-state index contributed by atoms with van der Waals surface area (Å²) >= 11 is 7.30. The Balaban J connectivity index is 1.79. The van der Waals surface area contributed by atoms with Gasteiger partial charge in [0.1, 0.15) is 0 Å². The number of amides is 2. The van der Waals surface area contributed by atoms with Crippen molar-refractivity contribution in [2.45, 2.75) is 16.7 Å². The highest BCUT2D eigenvalue weighted by Gasteiger charge is 2.12. The van der Waals surface area contributed by atoms with E-state index in [1.54, 1.807) is 36.4 Å². The Bertz CT molecular complexity index is 1200. The van der Waals surface area contributed by atoms with Crippen LogP contribution in [-0.4, -0.2) is 23.0 Å². The van der Waals surface area contributed by atoms with Crippen LogP contribution in [0.25, 0.3) is 0 Å². The highest BCUT2D eigenvalue weighted by atomic mass is 35.5. The van der Waals surface area contributed by atoms with Gasteiger partial charge in [-0.1, -0.05) is 29.4 Å². The first-order chi connectivity index (χ1) is 15.3. The third-order valence-corrected chi connectivity index (χ3v) is 5.41. The Hall–Kier alpha value is -3.69. The number of non-ortho nitro benzene ring substituents is 1. The fraction of sp³-hybridized carbons (Fsp3) is 0.0455. The van der Waals surface area contributed by atoms with Crippen molar-refractivity contribution in [1.29, 1.82) is 0 Å². The number of nitro benzene ring substituents is 1. The Morgan fingerprint density at radius 3 is 2.53 bits per heavy atom. The molecule has 0 atom stereocenters. The maximum Gasteiger partial charge on any atom is 0.271 e. The number of hydrogen-bond acceptors (Lipinski definition) is 6. The Morgan fingerprint density at radius 1 is 1.09 bits per heavy atom. The summed E-state index contributed by atoms with van der Waals surface area (Å²) in [6.45, 7) is 1.37. The fourth-order valence-electron chi connectivity index (χ4n) is 2.64. The van der Waals surface area contributed by atoms with Crippen LogP contribution in [0.5, 0.6) is 0 Å². The van der Waals surface area contributed by atoms with Crippen molar-refractivity contribution in [2.75, 3.05) is 5.32 Å². The first-order valence-electron chi connectivity index (χ1n) is 9.25. The molecule has 0 saturated carbocycles. The normalized spacial score (nSPS) is 10.7. The Kier molecular flexibility index (Phi) is 7.58. The molecule has 10 heteroatoms. The summed E-state index contributed by atoms with van der Waals surface area (Å²) < 4.78 is 0. The summed E-state index contributed by atoms with van der Waals surface area (Å²) in [4.78, 5) is 35.9.